The van der Waals surface area contributed by atoms with Crippen molar-refractivity contribution in [3.05, 3.63) is 56.2 Å². The lowest BCUT2D eigenvalue weighted by Crippen LogP contribution is -2.52. The zero-order valence-electron chi connectivity index (χ0n) is 14.3. The van der Waals surface area contributed by atoms with E-state index < -0.39 is 6.04 Å². The normalized spacial score (nSPS) is 15.0. The highest BCUT2D eigenvalue weighted by Gasteiger charge is 2.31. The molecule has 3 rings (SSSR count). The molecule has 1 aromatic heterocycles. The lowest BCUT2D eigenvalue weighted by Gasteiger charge is -2.32. The van der Waals surface area contributed by atoms with Crippen molar-refractivity contribution in [1.29, 1.82) is 0 Å². The maximum atomic E-state index is 13.0. The van der Waals surface area contributed by atoms with Gasteiger partial charge < -0.3 is 10.2 Å². The summed E-state index contributed by atoms with van der Waals surface area (Å²) in [5, 5.41) is 5.01. The Morgan fingerprint density at radius 2 is 2.00 bits per heavy atom. The molecule has 2 aromatic rings. The predicted molar refractivity (Wildman–Crippen MR) is 104 cm³/mol. The van der Waals surface area contributed by atoms with Gasteiger partial charge in [0.2, 0.25) is 5.91 Å². The Balaban J connectivity index is 1.74. The lowest BCUT2D eigenvalue weighted by atomic mass is 10.0. The number of hydrogen-bond acceptors (Lipinski definition) is 3. The first kappa shape index (κ1) is 18.1. The Kier molecular flexibility index (Phi) is 5.59. The maximum absolute atomic E-state index is 13.0. The van der Waals surface area contributed by atoms with E-state index in [-0.39, 0.29) is 17.7 Å². The number of rotatable bonds is 4. The van der Waals surface area contributed by atoms with E-state index in [1.54, 1.807) is 17.4 Å². The first-order valence-electron chi connectivity index (χ1n) is 8.36. The van der Waals surface area contributed by atoms with Gasteiger partial charge >= 0.3 is 0 Å². The smallest absolute Gasteiger partial charge is 0.253 e. The fraction of sp³-hybridized carbons (Fsp3) is 0.368. The molecular formula is C19H21BrN2O2S. The van der Waals surface area contributed by atoms with Crippen LogP contribution in [0, 0.1) is 5.92 Å². The molecule has 2 amide bonds. The highest BCUT2D eigenvalue weighted by Crippen LogP contribution is 2.25. The molecule has 0 spiro atoms. The number of halogens is 1. The molecule has 1 N–H and O–H groups in total. The molecule has 1 unspecified atom stereocenters. The van der Waals surface area contributed by atoms with Crippen molar-refractivity contribution < 1.29 is 9.59 Å². The number of amides is 2. The van der Waals surface area contributed by atoms with Crippen molar-refractivity contribution in [2.24, 2.45) is 5.92 Å². The summed E-state index contributed by atoms with van der Waals surface area (Å²) < 4.78 is 0.725. The largest absolute Gasteiger partial charge is 0.340 e. The van der Waals surface area contributed by atoms with Gasteiger partial charge in [-0.1, -0.05) is 26.0 Å². The molecular weight excluding hydrogens is 400 g/mol. The van der Waals surface area contributed by atoms with Gasteiger partial charge in [-0.2, -0.15) is 0 Å². The average Bonchev–Trinajstić information content (AvgIpc) is 3.06. The fourth-order valence-electron chi connectivity index (χ4n) is 3.01. The van der Waals surface area contributed by atoms with Crippen LogP contribution in [0.1, 0.15) is 34.6 Å². The van der Waals surface area contributed by atoms with Gasteiger partial charge in [-0.3, -0.25) is 9.59 Å². The third-order valence-corrected chi connectivity index (χ3v) is 6.17. The van der Waals surface area contributed by atoms with E-state index in [0.717, 1.165) is 10.9 Å². The molecule has 0 fully saturated rings. The molecule has 0 aliphatic carbocycles. The molecule has 1 aliphatic heterocycles. The van der Waals surface area contributed by atoms with Crippen LogP contribution in [0.5, 0.6) is 0 Å². The minimum absolute atomic E-state index is 0.00717. The van der Waals surface area contributed by atoms with Gasteiger partial charge in [-0.15, -0.1) is 11.3 Å². The van der Waals surface area contributed by atoms with Crippen molar-refractivity contribution in [2.45, 2.75) is 32.9 Å². The lowest BCUT2D eigenvalue weighted by molar-refractivity contribution is -0.135. The monoisotopic (exact) mass is 420 g/mol. The number of carbonyl (C=O) groups is 2. The second kappa shape index (κ2) is 7.70. The maximum Gasteiger partial charge on any atom is 0.253 e. The van der Waals surface area contributed by atoms with Crippen molar-refractivity contribution in [3.63, 3.8) is 0 Å². The zero-order valence-corrected chi connectivity index (χ0v) is 16.7. The van der Waals surface area contributed by atoms with Crippen LogP contribution in [0.4, 0.5) is 0 Å². The summed E-state index contributed by atoms with van der Waals surface area (Å²) in [6, 6.07) is 8.81. The Hall–Kier alpha value is -1.66. The Labute approximate surface area is 160 Å². The highest BCUT2D eigenvalue weighted by molar-refractivity contribution is 9.10. The van der Waals surface area contributed by atoms with E-state index >= 15 is 0 Å². The van der Waals surface area contributed by atoms with Gasteiger partial charge in [0.15, 0.2) is 0 Å². The predicted octanol–water partition coefficient (Wildman–Crippen LogP) is 3.85. The molecule has 2 heterocycles. The molecule has 0 bridgehead atoms. The van der Waals surface area contributed by atoms with Gasteiger partial charge in [0.1, 0.15) is 6.04 Å². The number of thiophene rings is 1. The van der Waals surface area contributed by atoms with E-state index in [4.69, 9.17) is 0 Å². The van der Waals surface area contributed by atoms with Crippen LogP contribution in [-0.2, 0) is 17.8 Å². The number of nitrogens with zero attached hydrogens (tertiary/aromatic N) is 1. The summed E-state index contributed by atoms with van der Waals surface area (Å²) in [6.07, 6.45) is 0.891. The topological polar surface area (TPSA) is 49.4 Å². The summed E-state index contributed by atoms with van der Waals surface area (Å²) >= 11 is 5.15. The Morgan fingerprint density at radius 3 is 2.72 bits per heavy atom. The fourth-order valence-corrected chi connectivity index (χ4v) is 4.37. The van der Waals surface area contributed by atoms with Crippen molar-refractivity contribution >= 4 is 39.1 Å². The molecule has 1 aliphatic rings. The first-order valence-corrected chi connectivity index (χ1v) is 10.0. The van der Waals surface area contributed by atoms with E-state index in [0.29, 0.717) is 18.7 Å². The number of nitrogens with one attached hydrogen (secondary N) is 1. The molecule has 132 valence electrons. The summed E-state index contributed by atoms with van der Waals surface area (Å²) in [4.78, 5) is 28.9. The van der Waals surface area contributed by atoms with Crippen molar-refractivity contribution in [2.75, 3.05) is 6.54 Å². The van der Waals surface area contributed by atoms with E-state index in [1.807, 2.05) is 36.9 Å². The molecule has 0 saturated carbocycles. The molecule has 1 atom stereocenters. The zero-order chi connectivity index (χ0) is 18.0. The third-order valence-electron chi connectivity index (χ3n) is 4.46. The minimum Gasteiger partial charge on any atom is -0.340 e. The van der Waals surface area contributed by atoms with Crippen LogP contribution in [-0.4, -0.2) is 29.3 Å². The summed E-state index contributed by atoms with van der Waals surface area (Å²) in [5.41, 5.74) is 1.77. The van der Waals surface area contributed by atoms with Crippen LogP contribution >= 0.6 is 27.3 Å². The molecule has 25 heavy (non-hydrogen) atoms. The van der Waals surface area contributed by atoms with Crippen LogP contribution in [0.25, 0.3) is 0 Å². The molecule has 4 nitrogen and oxygen atoms in total. The van der Waals surface area contributed by atoms with Crippen LogP contribution in [0.2, 0.25) is 0 Å². The van der Waals surface area contributed by atoms with E-state index in [2.05, 4.69) is 32.7 Å². The molecule has 6 heteroatoms. The van der Waals surface area contributed by atoms with E-state index in [1.165, 1.54) is 10.4 Å². The number of fused-ring (bicyclic) bond motifs is 1. The molecule has 0 saturated heterocycles. The summed E-state index contributed by atoms with van der Waals surface area (Å²) in [7, 11) is 0. The average molecular weight is 421 g/mol. The second-order valence-corrected chi connectivity index (χ2v) is 8.41. The van der Waals surface area contributed by atoms with Gasteiger partial charge in [-0.05, 0) is 57.4 Å². The highest BCUT2D eigenvalue weighted by atomic mass is 79.9. The van der Waals surface area contributed by atoms with Crippen LogP contribution in [0.15, 0.2) is 40.2 Å². The summed E-state index contributed by atoms with van der Waals surface area (Å²) in [6.45, 7) is 5.26. The first-order chi connectivity index (χ1) is 12.0. The molecule has 0 radical (unpaired) electrons. The minimum atomic E-state index is -0.528. The third kappa shape index (κ3) is 3.96. The van der Waals surface area contributed by atoms with Gasteiger partial charge in [0, 0.05) is 22.4 Å². The number of hydrogen-bond donors (Lipinski definition) is 1. The van der Waals surface area contributed by atoms with E-state index in [9.17, 15) is 9.59 Å². The quantitative estimate of drug-likeness (QED) is 0.816. The Bertz CT molecular complexity index is 787. The standard InChI is InChI=1S/C19H21BrN2O2S/c1-12(2)17(21-18(23)14-5-3-4-6-15(14)20)19(24)22-9-7-16-13(11-22)8-10-25-16/h3-6,8,10,12,17H,7,9,11H2,1-2H3,(H,21,23). The Morgan fingerprint density at radius 1 is 1.24 bits per heavy atom. The second-order valence-electron chi connectivity index (χ2n) is 6.55. The van der Waals surface area contributed by atoms with Crippen molar-refractivity contribution in [3.8, 4) is 0 Å². The molecule has 1 aromatic carbocycles. The SMILES string of the molecule is CC(C)C(NC(=O)c1ccccc1Br)C(=O)N1CCc2sccc2C1. The van der Waals surface area contributed by atoms with Gasteiger partial charge in [0.05, 0.1) is 5.56 Å². The number of benzene rings is 1. The van der Waals surface area contributed by atoms with Crippen LogP contribution in [0.3, 0.4) is 0 Å². The number of carbonyl (C=O) groups excluding carboxylic acids is 2. The van der Waals surface area contributed by atoms with Gasteiger partial charge in [-0.25, -0.2) is 0 Å². The van der Waals surface area contributed by atoms with Crippen molar-refractivity contribution in [1.82, 2.24) is 10.2 Å². The van der Waals surface area contributed by atoms with Gasteiger partial charge in [0.25, 0.3) is 5.91 Å². The van der Waals surface area contributed by atoms with Crippen LogP contribution < -0.4 is 5.32 Å². The summed E-state index contributed by atoms with van der Waals surface area (Å²) in [5.74, 6) is -0.220.